The summed E-state index contributed by atoms with van der Waals surface area (Å²) in [6.45, 7) is 3.88. The maximum atomic E-state index is 5.88. The first-order valence-electron chi connectivity index (χ1n) is 4.88. The van der Waals surface area contributed by atoms with Gasteiger partial charge < -0.3 is 10.1 Å². The smallest absolute Gasteiger partial charge is 0.123 e. The van der Waals surface area contributed by atoms with E-state index in [0.717, 1.165) is 29.5 Å². The molecule has 76 valence electrons. The molecule has 0 amide bonds. The zero-order chi connectivity index (χ0) is 9.97. The Balaban J connectivity index is 1.96. The summed E-state index contributed by atoms with van der Waals surface area (Å²) in [4.78, 5) is 0. The van der Waals surface area contributed by atoms with Crippen molar-refractivity contribution in [3.05, 3.63) is 28.8 Å². The Kier molecular flexibility index (Phi) is 2.94. The number of rotatable bonds is 3. The van der Waals surface area contributed by atoms with E-state index in [0.29, 0.717) is 6.04 Å². The van der Waals surface area contributed by atoms with Crippen LogP contribution in [0.25, 0.3) is 0 Å². The lowest BCUT2D eigenvalue weighted by Crippen LogP contribution is -2.46. The van der Waals surface area contributed by atoms with Crippen molar-refractivity contribution in [3.8, 4) is 5.75 Å². The number of halogens is 1. The fourth-order valence-electron chi connectivity index (χ4n) is 1.41. The van der Waals surface area contributed by atoms with Crippen molar-refractivity contribution >= 4 is 11.6 Å². The van der Waals surface area contributed by atoms with Crippen LogP contribution in [0.3, 0.4) is 0 Å². The van der Waals surface area contributed by atoms with Gasteiger partial charge in [0.15, 0.2) is 0 Å². The summed E-state index contributed by atoms with van der Waals surface area (Å²) >= 11 is 5.88. The molecule has 14 heavy (non-hydrogen) atoms. The van der Waals surface area contributed by atoms with E-state index in [4.69, 9.17) is 16.3 Å². The van der Waals surface area contributed by atoms with Crippen molar-refractivity contribution in [1.29, 1.82) is 0 Å². The molecule has 1 heterocycles. The third kappa shape index (κ3) is 2.20. The second-order valence-electron chi connectivity index (χ2n) is 3.66. The average molecular weight is 212 g/mol. The number of hydrogen-bond donors (Lipinski definition) is 1. The Morgan fingerprint density at radius 3 is 3.00 bits per heavy atom. The SMILES string of the molecule is Cc1ccc(Cl)cc1OCC1CCN1. The second kappa shape index (κ2) is 4.20. The fraction of sp³-hybridized carbons (Fsp3) is 0.455. The number of nitrogens with one attached hydrogen (secondary N) is 1. The van der Waals surface area contributed by atoms with Gasteiger partial charge in [0.25, 0.3) is 0 Å². The number of ether oxygens (including phenoxy) is 1. The minimum atomic E-state index is 0.522. The van der Waals surface area contributed by atoms with E-state index in [1.54, 1.807) is 0 Å². The molecule has 1 aromatic carbocycles. The molecule has 2 rings (SSSR count). The molecule has 1 fully saturated rings. The fourth-order valence-corrected chi connectivity index (χ4v) is 1.57. The summed E-state index contributed by atoms with van der Waals surface area (Å²) < 4.78 is 5.67. The van der Waals surface area contributed by atoms with Crippen molar-refractivity contribution in [1.82, 2.24) is 5.32 Å². The van der Waals surface area contributed by atoms with Gasteiger partial charge in [-0.15, -0.1) is 0 Å². The molecular formula is C11H14ClNO. The highest BCUT2D eigenvalue weighted by Gasteiger charge is 2.16. The van der Waals surface area contributed by atoms with E-state index < -0.39 is 0 Å². The first-order valence-corrected chi connectivity index (χ1v) is 5.26. The van der Waals surface area contributed by atoms with Gasteiger partial charge in [0.2, 0.25) is 0 Å². The Morgan fingerprint density at radius 1 is 1.57 bits per heavy atom. The summed E-state index contributed by atoms with van der Waals surface area (Å²) in [6, 6.07) is 6.25. The van der Waals surface area contributed by atoms with Crippen LogP contribution in [0.5, 0.6) is 5.75 Å². The van der Waals surface area contributed by atoms with E-state index in [2.05, 4.69) is 5.32 Å². The molecule has 3 heteroatoms. The Hall–Kier alpha value is -0.730. The van der Waals surface area contributed by atoms with Gasteiger partial charge >= 0.3 is 0 Å². The highest BCUT2D eigenvalue weighted by atomic mass is 35.5. The van der Waals surface area contributed by atoms with Crippen molar-refractivity contribution in [2.75, 3.05) is 13.2 Å². The van der Waals surface area contributed by atoms with E-state index in [1.807, 2.05) is 25.1 Å². The molecule has 0 aliphatic carbocycles. The largest absolute Gasteiger partial charge is 0.492 e. The molecule has 1 atom stereocenters. The monoisotopic (exact) mass is 211 g/mol. The average Bonchev–Trinajstić information content (AvgIpc) is 2.08. The standard InChI is InChI=1S/C11H14ClNO/c1-8-2-3-9(12)6-11(8)14-7-10-4-5-13-10/h2-3,6,10,13H,4-5,7H2,1H3. The molecule has 0 saturated carbocycles. The zero-order valence-electron chi connectivity index (χ0n) is 8.22. The third-order valence-electron chi connectivity index (χ3n) is 2.52. The first-order chi connectivity index (χ1) is 6.75. The maximum absolute atomic E-state index is 5.88. The molecule has 2 nitrogen and oxygen atoms in total. The lowest BCUT2D eigenvalue weighted by molar-refractivity contribution is 0.216. The predicted octanol–water partition coefficient (Wildman–Crippen LogP) is 2.39. The highest BCUT2D eigenvalue weighted by molar-refractivity contribution is 6.30. The molecule has 0 radical (unpaired) electrons. The minimum absolute atomic E-state index is 0.522. The maximum Gasteiger partial charge on any atom is 0.123 e. The molecule has 1 aromatic rings. The third-order valence-corrected chi connectivity index (χ3v) is 2.75. The van der Waals surface area contributed by atoms with Gasteiger partial charge in [0, 0.05) is 11.1 Å². The van der Waals surface area contributed by atoms with Crippen molar-refractivity contribution in [2.24, 2.45) is 0 Å². The molecule has 1 saturated heterocycles. The van der Waals surface area contributed by atoms with Crippen LogP contribution in [0.4, 0.5) is 0 Å². The van der Waals surface area contributed by atoms with Crippen LogP contribution in [0.2, 0.25) is 5.02 Å². The molecule has 0 bridgehead atoms. The first kappa shape index (κ1) is 9.81. The van der Waals surface area contributed by atoms with Crippen LogP contribution < -0.4 is 10.1 Å². The second-order valence-corrected chi connectivity index (χ2v) is 4.10. The topological polar surface area (TPSA) is 21.3 Å². The quantitative estimate of drug-likeness (QED) is 0.829. The van der Waals surface area contributed by atoms with Gasteiger partial charge in [-0.1, -0.05) is 17.7 Å². The Labute approximate surface area is 89.2 Å². The van der Waals surface area contributed by atoms with E-state index in [9.17, 15) is 0 Å². The molecule has 1 N–H and O–H groups in total. The van der Waals surface area contributed by atoms with Gasteiger partial charge in [-0.3, -0.25) is 0 Å². The highest BCUT2D eigenvalue weighted by Crippen LogP contribution is 2.22. The molecule has 1 unspecified atom stereocenters. The number of hydrogen-bond acceptors (Lipinski definition) is 2. The van der Waals surface area contributed by atoms with Gasteiger partial charge in [0.05, 0.1) is 0 Å². The summed E-state index contributed by atoms with van der Waals surface area (Å²) in [5.41, 5.74) is 1.13. The van der Waals surface area contributed by atoms with E-state index >= 15 is 0 Å². The summed E-state index contributed by atoms with van der Waals surface area (Å²) in [5.74, 6) is 0.895. The van der Waals surface area contributed by atoms with Gasteiger partial charge in [0.1, 0.15) is 12.4 Å². The van der Waals surface area contributed by atoms with Gasteiger partial charge in [-0.25, -0.2) is 0 Å². The van der Waals surface area contributed by atoms with Crippen molar-refractivity contribution < 1.29 is 4.74 Å². The summed E-state index contributed by atoms with van der Waals surface area (Å²) in [5, 5.41) is 4.02. The van der Waals surface area contributed by atoms with Crippen molar-refractivity contribution in [2.45, 2.75) is 19.4 Å². The molecule has 0 spiro atoms. The van der Waals surface area contributed by atoms with E-state index in [-0.39, 0.29) is 0 Å². The molecule has 1 aliphatic heterocycles. The summed E-state index contributed by atoms with van der Waals surface area (Å²) in [6.07, 6.45) is 1.21. The van der Waals surface area contributed by atoms with Gasteiger partial charge in [-0.05, 0) is 37.6 Å². The number of benzene rings is 1. The molecule has 1 aliphatic rings. The normalized spacial score (nSPS) is 20.3. The Bertz CT molecular complexity index is 323. The van der Waals surface area contributed by atoms with Crippen LogP contribution in [-0.4, -0.2) is 19.2 Å². The van der Waals surface area contributed by atoms with Crippen LogP contribution in [0.15, 0.2) is 18.2 Å². The van der Waals surface area contributed by atoms with Crippen LogP contribution in [0, 0.1) is 6.92 Å². The number of aryl methyl sites for hydroxylation is 1. The zero-order valence-corrected chi connectivity index (χ0v) is 8.97. The van der Waals surface area contributed by atoms with E-state index in [1.165, 1.54) is 6.42 Å². The summed E-state index contributed by atoms with van der Waals surface area (Å²) in [7, 11) is 0. The van der Waals surface area contributed by atoms with Crippen LogP contribution in [0.1, 0.15) is 12.0 Å². The van der Waals surface area contributed by atoms with Crippen molar-refractivity contribution in [3.63, 3.8) is 0 Å². The molecular weight excluding hydrogens is 198 g/mol. The minimum Gasteiger partial charge on any atom is -0.492 e. The van der Waals surface area contributed by atoms with Crippen LogP contribution in [-0.2, 0) is 0 Å². The van der Waals surface area contributed by atoms with Crippen LogP contribution >= 0.6 is 11.6 Å². The van der Waals surface area contributed by atoms with Gasteiger partial charge in [-0.2, -0.15) is 0 Å². The lowest BCUT2D eigenvalue weighted by Gasteiger charge is -2.27. The predicted molar refractivity (Wildman–Crippen MR) is 58.1 cm³/mol. The lowest BCUT2D eigenvalue weighted by atomic mass is 10.1. The molecule has 0 aromatic heterocycles. The Morgan fingerprint density at radius 2 is 2.36 bits per heavy atom.